The molecule has 0 saturated heterocycles. The van der Waals surface area contributed by atoms with Crippen molar-refractivity contribution in [3.05, 3.63) is 71.8 Å². The van der Waals surface area contributed by atoms with Crippen LogP contribution in [0, 0.1) is 6.92 Å². The molecule has 2 N–H and O–H groups in total. The molecule has 0 bridgehead atoms. The second-order valence-electron chi connectivity index (χ2n) is 7.66. The number of nitrogens with zero attached hydrogens (tertiary/aromatic N) is 1. The van der Waals surface area contributed by atoms with Gasteiger partial charge in [-0.2, -0.15) is 0 Å². The van der Waals surface area contributed by atoms with Crippen molar-refractivity contribution in [2.75, 3.05) is 11.9 Å². The van der Waals surface area contributed by atoms with E-state index < -0.39 is 0 Å². The molecule has 4 nitrogen and oxygen atoms in total. The van der Waals surface area contributed by atoms with Crippen LogP contribution in [0.2, 0.25) is 0 Å². The van der Waals surface area contributed by atoms with E-state index in [1.54, 1.807) is 12.1 Å². The highest BCUT2D eigenvalue weighted by Crippen LogP contribution is 2.30. The van der Waals surface area contributed by atoms with Gasteiger partial charge in [-0.3, -0.25) is 9.69 Å². The van der Waals surface area contributed by atoms with Gasteiger partial charge in [-0.25, -0.2) is 0 Å². The molecule has 1 aliphatic carbocycles. The number of hydrogen-bond acceptors (Lipinski definition) is 3. The molecule has 0 spiro atoms. The third-order valence-electron chi connectivity index (χ3n) is 5.37. The van der Waals surface area contributed by atoms with Crippen molar-refractivity contribution >= 4 is 22.4 Å². The van der Waals surface area contributed by atoms with E-state index in [0.29, 0.717) is 24.7 Å². The van der Waals surface area contributed by atoms with Crippen molar-refractivity contribution in [1.29, 1.82) is 0 Å². The summed E-state index contributed by atoms with van der Waals surface area (Å²) in [5.74, 6) is 0.0400. The Morgan fingerprint density at radius 2 is 1.89 bits per heavy atom. The topological polar surface area (TPSA) is 52.6 Å². The second kappa shape index (κ2) is 8.03. The highest BCUT2D eigenvalue weighted by atomic mass is 16.3. The molecule has 28 heavy (non-hydrogen) atoms. The number of benzene rings is 3. The highest BCUT2D eigenvalue weighted by Gasteiger charge is 2.29. The first-order valence-electron chi connectivity index (χ1n) is 9.90. The molecule has 0 heterocycles. The second-order valence-corrected chi connectivity index (χ2v) is 7.66. The van der Waals surface area contributed by atoms with Gasteiger partial charge in [0.25, 0.3) is 0 Å². The first-order valence-corrected chi connectivity index (χ1v) is 9.90. The number of aromatic hydroxyl groups is 1. The molecule has 0 unspecified atom stereocenters. The summed E-state index contributed by atoms with van der Waals surface area (Å²) in [7, 11) is 0. The summed E-state index contributed by atoms with van der Waals surface area (Å²) >= 11 is 0. The summed E-state index contributed by atoms with van der Waals surface area (Å²) < 4.78 is 0. The average Bonchev–Trinajstić information content (AvgIpc) is 3.53. The maximum atomic E-state index is 12.4. The summed E-state index contributed by atoms with van der Waals surface area (Å²) in [6, 6.07) is 20.7. The quantitative estimate of drug-likeness (QED) is 0.582. The number of aryl methyl sites for hydroxylation is 1. The smallest absolute Gasteiger partial charge is 0.225 e. The predicted octanol–water partition coefficient (Wildman–Crippen LogP) is 4.85. The number of anilines is 1. The van der Waals surface area contributed by atoms with Crippen LogP contribution in [0.5, 0.6) is 5.75 Å². The first kappa shape index (κ1) is 18.5. The molecule has 1 fully saturated rings. The third-order valence-corrected chi connectivity index (χ3v) is 5.37. The number of carbonyl (C=O) groups excluding carboxylic acids is 1. The molecule has 3 aromatic carbocycles. The number of amides is 1. The molecule has 0 aliphatic heterocycles. The van der Waals surface area contributed by atoms with Crippen LogP contribution in [0.25, 0.3) is 10.8 Å². The molecule has 0 radical (unpaired) electrons. The van der Waals surface area contributed by atoms with Crippen LogP contribution in [0.4, 0.5) is 5.69 Å². The molecule has 1 aliphatic rings. The van der Waals surface area contributed by atoms with Crippen molar-refractivity contribution in [3.8, 4) is 5.75 Å². The lowest BCUT2D eigenvalue weighted by atomic mass is 10.0. The zero-order valence-electron chi connectivity index (χ0n) is 16.2. The zero-order valence-corrected chi connectivity index (χ0v) is 16.2. The molecular weight excluding hydrogens is 348 g/mol. The fraction of sp³-hybridized carbons (Fsp3) is 0.292. The van der Waals surface area contributed by atoms with Crippen LogP contribution in [-0.2, 0) is 11.3 Å². The summed E-state index contributed by atoms with van der Waals surface area (Å²) in [5, 5.41) is 15.3. The number of phenolic OH excluding ortho intramolecular Hbond substituents is 1. The Morgan fingerprint density at radius 3 is 2.71 bits per heavy atom. The summed E-state index contributed by atoms with van der Waals surface area (Å²) in [4.78, 5) is 14.9. The number of hydrogen-bond donors (Lipinski definition) is 2. The van der Waals surface area contributed by atoms with Gasteiger partial charge in [0.2, 0.25) is 5.91 Å². The zero-order chi connectivity index (χ0) is 19.5. The molecule has 1 amide bonds. The van der Waals surface area contributed by atoms with Gasteiger partial charge in [0.1, 0.15) is 5.75 Å². The van der Waals surface area contributed by atoms with E-state index in [2.05, 4.69) is 52.7 Å². The maximum Gasteiger partial charge on any atom is 0.225 e. The van der Waals surface area contributed by atoms with Crippen LogP contribution in [0.15, 0.2) is 60.7 Å². The number of fused-ring (bicyclic) bond motifs is 1. The van der Waals surface area contributed by atoms with E-state index in [1.165, 1.54) is 29.2 Å². The van der Waals surface area contributed by atoms with Gasteiger partial charge in [-0.1, -0.05) is 48.5 Å². The van der Waals surface area contributed by atoms with E-state index in [1.807, 2.05) is 13.0 Å². The van der Waals surface area contributed by atoms with E-state index in [0.717, 1.165) is 12.1 Å². The Hall–Kier alpha value is -2.85. The Labute approximate surface area is 165 Å². The minimum atomic E-state index is -0.0653. The van der Waals surface area contributed by atoms with E-state index in [9.17, 15) is 9.90 Å². The highest BCUT2D eigenvalue weighted by molar-refractivity contribution is 5.92. The maximum absolute atomic E-state index is 12.4. The van der Waals surface area contributed by atoms with E-state index in [4.69, 9.17) is 0 Å². The Morgan fingerprint density at radius 1 is 1.11 bits per heavy atom. The number of carbonyl (C=O) groups is 1. The Bertz CT molecular complexity index is 990. The van der Waals surface area contributed by atoms with E-state index >= 15 is 0 Å². The molecule has 144 valence electrons. The van der Waals surface area contributed by atoms with Crippen molar-refractivity contribution < 1.29 is 9.90 Å². The number of rotatable bonds is 7. The average molecular weight is 374 g/mol. The van der Waals surface area contributed by atoms with Gasteiger partial charge in [0.05, 0.1) is 5.69 Å². The van der Waals surface area contributed by atoms with Gasteiger partial charge in [-0.05, 0) is 53.8 Å². The summed E-state index contributed by atoms with van der Waals surface area (Å²) in [6.07, 6.45) is 2.81. The van der Waals surface area contributed by atoms with Crippen LogP contribution >= 0.6 is 0 Å². The van der Waals surface area contributed by atoms with Crippen LogP contribution in [0.1, 0.15) is 30.4 Å². The predicted molar refractivity (Wildman–Crippen MR) is 113 cm³/mol. The SMILES string of the molecule is Cc1ccc(O)c(NC(=O)CCN(Cc2cccc3ccccc23)C2CC2)c1. The van der Waals surface area contributed by atoms with Crippen LogP contribution in [-0.4, -0.2) is 28.5 Å². The molecule has 1 saturated carbocycles. The molecule has 0 aromatic heterocycles. The number of phenols is 1. The minimum absolute atomic E-state index is 0.0653. The van der Waals surface area contributed by atoms with Crippen LogP contribution < -0.4 is 5.32 Å². The molecule has 4 heteroatoms. The first-order chi connectivity index (χ1) is 13.6. The van der Waals surface area contributed by atoms with Gasteiger partial charge in [0.15, 0.2) is 0 Å². The van der Waals surface area contributed by atoms with Gasteiger partial charge >= 0.3 is 0 Å². The van der Waals surface area contributed by atoms with Gasteiger partial charge in [0, 0.05) is 25.6 Å². The lowest BCUT2D eigenvalue weighted by molar-refractivity contribution is -0.116. The van der Waals surface area contributed by atoms with Crippen LogP contribution in [0.3, 0.4) is 0 Å². The fourth-order valence-corrected chi connectivity index (χ4v) is 3.69. The minimum Gasteiger partial charge on any atom is -0.506 e. The normalized spacial score (nSPS) is 13.8. The number of nitrogens with one attached hydrogen (secondary N) is 1. The van der Waals surface area contributed by atoms with E-state index in [-0.39, 0.29) is 11.7 Å². The largest absolute Gasteiger partial charge is 0.506 e. The van der Waals surface area contributed by atoms with Crippen molar-refractivity contribution in [1.82, 2.24) is 4.90 Å². The third kappa shape index (κ3) is 4.34. The molecule has 0 atom stereocenters. The summed E-state index contributed by atoms with van der Waals surface area (Å²) in [6.45, 7) is 3.51. The van der Waals surface area contributed by atoms with Crippen molar-refractivity contribution in [2.45, 2.75) is 38.8 Å². The summed E-state index contributed by atoms with van der Waals surface area (Å²) in [5.41, 5.74) is 2.79. The van der Waals surface area contributed by atoms with Gasteiger partial charge in [-0.15, -0.1) is 0 Å². The van der Waals surface area contributed by atoms with Crippen molar-refractivity contribution in [3.63, 3.8) is 0 Å². The Balaban J connectivity index is 1.41. The Kier molecular flexibility index (Phi) is 5.31. The monoisotopic (exact) mass is 374 g/mol. The standard InChI is InChI=1S/C24H26N2O2/c1-17-9-12-23(27)22(15-17)25-24(28)13-14-26(20-10-11-20)16-19-7-4-6-18-5-2-3-8-21(18)19/h2-9,12,15,20,27H,10-11,13-14,16H2,1H3,(H,25,28). The fourth-order valence-electron chi connectivity index (χ4n) is 3.69. The molecular formula is C24H26N2O2. The van der Waals surface area contributed by atoms with Gasteiger partial charge < -0.3 is 10.4 Å². The lowest BCUT2D eigenvalue weighted by Gasteiger charge is -2.23. The van der Waals surface area contributed by atoms with Crippen molar-refractivity contribution in [2.24, 2.45) is 0 Å². The lowest BCUT2D eigenvalue weighted by Crippen LogP contribution is -2.29. The molecule has 3 aromatic rings. The molecule has 4 rings (SSSR count).